The Morgan fingerprint density at radius 3 is 2.41 bits per heavy atom. The number of unbranched alkanes of at least 4 members (excludes halogenated alkanes) is 1. The molecule has 0 aromatic heterocycles. The molecular formula is C28H50N2O4. The SMILES string of the molecule is C[C@@H](CCC(=O)NCCCCN)[C@@H]1CC[C@@H]2[C@H]3[C@@H](O)[C@@H](O)[C@H]4C[C@@H](O)CC[C@@]4(C)[C@@H]3CC[C@]21C. The Labute approximate surface area is 206 Å². The molecule has 6 heteroatoms. The molecule has 0 spiro atoms. The highest BCUT2D eigenvalue weighted by molar-refractivity contribution is 5.75. The largest absolute Gasteiger partial charge is 0.393 e. The summed E-state index contributed by atoms with van der Waals surface area (Å²) in [6.45, 7) is 8.47. The molecule has 1 amide bonds. The van der Waals surface area contributed by atoms with Gasteiger partial charge in [-0.05, 0) is 117 Å². The van der Waals surface area contributed by atoms with Crippen LogP contribution in [0, 0.1) is 46.3 Å². The van der Waals surface area contributed by atoms with Crippen LogP contribution in [-0.2, 0) is 4.79 Å². The third-order valence-corrected chi connectivity index (χ3v) is 11.3. The Balaban J connectivity index is 1.42. The van der Waals surface area contributed by atoms with Gasteiger partial charge in [0.15, 0.2) is 0 Å². The lowest BCUT2D eigenvalue weighted by atomic mass is 9.43. The zero-order valence-corrected chi connectivity index (χ0v) is 21.7. The second kappa shape index (κ2) is 10.4. The van der Waals surface area contributed by atoms with Crippen LogP contribution >= 0.6 is 0 Å². The summed E-state index contributed by atoms with van der Waals surface area (Å²) in [5.74, 6) is 2.18. The molecule has 4 saturated carbocycles. The Kier molecular flexibility index (Phi) is 8.03. The van der Waals surface area contributed by atoms with E-state index in [-0.39, 0.29) is 34.7 Å². The summed E-state index contributed by atoms with van der Waals surface area (Å²) in [6, 6.07) is 0. The number of rotatable bonds is 8. The number of hydrogen-bond acceptors (Lipinski definition) is 5. The van der Waals surface area contributed by atoms with E-state index in [9.17, 15) is 20.1 Å². The van der Waals surface area contributed by atoms with E-state index < -0.39 is 12.2 Å². The minimum Gasteiger partial charge on any atom is -0.393 e. The van der Waals surface area contributed by atoms with E-state index in [1.807, 2.05) is 0 Å². The predicted molar refractivity (Wildman–Crippen MR) is 134 cm³/mol. The summed E-state index contributed by atoms with van der Waals surface area (Å²) in [4.78, 5) is 12.3. The van der Waals surface area contributed by atoms with Gasteiger partial charge in [0, 0.05) is 13.0 Å². The lowest BCUT2D eigenvalue weighted by Crippen LogP contribution is -2.64. The number of carbonyl (C=O) groups excluding carboxylic acids is 1. The first-order chi connectivity index (χ1) is 16.1. The maximum absolute atomic E-state index is 12.3. The van der Waals surface area contributed by atoms with Crippen molar-refractivity contribution in [1.29, 1.82) is 0 Å². The molecule has 0 bridgehead atoms. The predicted octanol–water partition coefficient (Wildman–Crippen LogP) is 3.22. The molecule has 0 aliphatic heterocycles. The number of fused-ring (bicyclic) bond motifs is 5. The van der Waals surface area contributed by atoms with Crippen molar-refractivity contribution >= 4 is 5.91 Å². The van der Waals surface area contributed by atoms with Crippen molar-refractivity contribution in [2.24, 2.45) is 52.1 Å². The van der Waals surface area contributed by atoms with E-state index in [0.717, 1.165) is 51.4 Å². The molecular weight excluding hydrogens is 428 g/mol. The second-order valence-electron chi connectivity index (χ2n) is 12.9. The van der Waals surface area contributed by atoms with Crippen LogP contribution in [-0.4, -0.2) is 52.6 Å². The molecule has 196 valence electrons. The number of amides is 1. The molecule has 0 unspecified atom stereocenters. The van der Waals surface area contributed by atoms with Crippen LogP contribution in [0.5, 0.6) is 0 Å². The van der Waals surface area contributed by atoms with Crippen molar-refractivity contribution in [3.05, 3.63) is 0 Å². The monoisotopic (exact) mass is 478 g/mol. The fourth-order valence-electron chi connectivity index (χ4n) is 9.36. The van der Waals surface area contributed by atoms with Crippen molar-refractivity contribution in [2.75, 3.05) is 13.1 Å². The fraction of sp³-hybridized carbons (Fsp3) is 0.964. The minimum absolute atomic E-state index is 0.00338. The molecule has 0 saturated heterocycles. The van der Waals surface area contributed by atoms with Crippen molar-refractivity contribution in [1.82, 2.24) is 5.32 Å². The summed E-state index contributed by atoms with van der Waals surface area (Å²) in [5.41, 5.74) is 5.70. The van der Waals surface area contributed by atoms with Crippen LogP contribution in [0.15, 0.2) is 0 Å². The molecule has 0 aromatic rings. The number of nitrogens with two attached hydrogens (primary N) is 1. The Morgan fingerprint density at radius 1 is 0.971 bits per heavy atom. The van der Waals surface area contributed by atoms with Crippen molar-refractivity contribution in [2.45, 2.75) is 110 Å². The van der Waals surface area contributed by atoms with Gasteiger partial charge in [0.05, 0.1) is 18.3 Å². The van der Waals surface area contributed by atoms with Gasteiger partial charge in [-0.2, -0.15) is 0 Å². The van der Waals surface area contributed by atoms with Crippen molar-refractivity contribution < 1.29 is 20.1 Å². The first-order valence-electron chi connectivity index (χ1n) is 14.1. The molecule has 11 atom stereocenters. The lowest BCUT2D eigenvalue weighted by Gasteiger charge is -2.63. The molecule has 6 N–H and O–H groups in total. The van der Waals surface area contributed by atoms with Crippen LogP contribution in [0.1, 0.15) is 91.4 Å². The van der Waals surface area contributed by atoms with E-state index in [1.54, 1.807) is 0 Å². The van der Waals surface area contributed by atoms with Gasteiger partial charge in [-0.25, -0.2) is 0 Å². The van der Waals surface area contributed by atoms with Crippen LogP contribution in [0.3, 0.4) is 0 Å². The number of hydrogen-bond donors (Lipinski definition) is 5. The molecule has 4 aliphatic carbocycles. The summed E-state index contributed by atoms with van der Waals surface area (Å²) in [5, 5.41) is 35.9. The normalized spacial score (nSPS) is 46.8. The van der Waals surface area contributed by atoms with Crippen molar-refractivity contribution in [3.63, 3.8) is 0 Å². The topological polar surface area (TPSA) is 116 Å². The molecule has 4 fully saturated rings. The van der Waals surface area contributed by atoms with E-state index in [4.69, 9.17) is 5.73 Å². The number of aliphatic hydroxyl groups excluding tert-OH is 3. The quantitative estimate of drug-likeness (QED) is 0.344. The first-order valence-corrected chi connectivity index (χ1v) is 14.1. The smallest absolute Gasteiger partial charge is 0.220 e. The van der Waals surface area contributed by atoms with Gasteiger partial charge in [0.1, 0.15) is 0 Å². The average molecular weight is 479 g/mol. The molecule has 0 aromatic carbocycles. The second-order valence-corrected chi connectivity index (χ2v) is 12.9. The van der Waals surface area contributed by atoms with E-state index >= 15 is 0 Å². The van der Waals surface area contributed by atoms with E-state index in [0.29, 0.717) is 49.6 Å². The van der Waals surface area contributed by atoms with Crippen LogP contribution in [0.4, 0.5) is 0 Å². The van der Waals surface area contributed by atoms with Gasteiger partial charge < -0.3 is 26.4 Å². The van der Waals surface area contributed by atoms with Gasteiger partial charge in [-0.3, -0.25) is 4.79 Å². The summed E-state index contributed by atoms with van der Waals surface area (Å²) >= 11 is 0. The highest BCUT2D eigenvalue weighted by atomic mass is 16.3. The van der Waals surface area contributed by atoms with E-state index in [1.165, 1.54) is 6.42 Å². The molecule has 34 heavy (non-hydrogen) atoms. The molecule has 0 radical (unpaired) electrons. The van der Waals surface area contributed by atoms with Gasteiger partial charge in [0.2, 0.25) is 5.91 Å². The summed E-state index contributed by atoms with van der Waals surface area (Å²) < 4.78 is 0. The number of aliphatic hydroxyl groups is 3. The van der Waals surface area contributed by atoms with Gasteiger partial charge in [-0.1, -0.05) is 20.8 Å². The highest BCUT2D eigenvalue weighted by Gasteiger charge is 2.65. The third kappa shape index (κ3) is 4.57. The zero-order valence-electron chi connectivity index (χ0n) is 21.7. The van der Waals surface area contributed by atoms with Crippen LogP contribution in [0.25, 0.3) is 0 Å². The number of carbonyl (C=O) groups is 1. The van der Waals surface area contributed by atoms with Crippen molar-refractivity contribution in [3.8, 4) is 0 Å². The maximum Gasteiger partial charge on any atom is 0.220 e. The molecule has 0 heterocycles. The standard InChI is InChI=1S/C28H50N2O4/c1-17(6-9-23(32)30-15-5-4-14-29)19-7-8-20-24-21(11-13-27(19,20)2)28(3)12-10-18(31)16-22(28)25(33)26(24)34/h17-22,24-26,31,33-34H,4-16,29H2,1-3H3,(H,30,32)/t17-,18-,19-,20+,21+,22+,24+,25-,26+,27-,28-/m0/s1. The average Bonchev–Trinajstić information content (AvgIpc) is 3.17. The molecule has 6 nitrogen and oxygen atoms in total. The maximum atomic E-state index is 12.3. The van der Waals surface area contributed by atoms with Crippen LogP contribution < -0.4 is 11.1 Å². The van der Waals surface area contributed by atoms with Gasteiger partial charge in [-0.15, -0.1) is 0 Å². The molecule has 4 rings (SSSR count). The summed E-state index contributed by atoms with van der Waals surface area (Å²) in [6.07, 6.45) is 8.55. The first kappa shape index (κ1) is 26.4. The Bertz CT molecular complexity index is 719. The Hall–Kier alpha value is -0.690. The lowest BCUT2D eigenvalue weighted by molar-refractivity contribution is -0.223. The van der Waals surface area contributed by atoms with Crippen LogP contribution in [0.2, 0.25) is 0 Å². The zero-order chi connectivity index (χ0) is 24.7. The summed E-state index contributed by atoms with van der Waals surface area (Å²) in [7, 11) is 0. The van der Waals surface area contributed by atoms with E-state index in [2.05, 4.69) is 26.1 Å². The number of nitrogens with one attached hydrogen (secondary N) is 1. The van der Waals surface area contributed by atoms with Gasteiger partial charge in [0.25, 0.3) is 0 Å². The molecule has 4 aliphatic rings. The minimum atomic E-state index is -0.733. The fourth-order valence-corrected chi connectivity index (χ4v) is 9.36. The third-order valence-electron chi connectivity index (χ3n) is 11.3. The van der Waals surface area contributed by atoms with Gasteiger partial charge >= 0.3 is 0 Å². The Morgan fingerprint density at radius 2 is 1.68 bits per heavy atom. The highest BCUT2D eigenvalue weighted by Crippen LogP contribution is 2.68.